The first-order valence-corrected chi connectivity index (χ1v) is 9.83. The van der Waals surface area contributed by atoms with E-state index in [1.165, 1.54) is 49.7 Å². The van der Waals surface area contributed by atoms with Gasteiger partial charge in [-0.2, -0.15) is 0 Å². The average molecular weight is 305 g/mol. The molecule has 2 aliphatic carbocycles. The van der Waals surface area contributed by atoms with E-state index in [0.717, 1.165) is 29.5 Å². The second kappa shape index (κ2) is 7.06. The Kier molecular flexibility index (Phi) is 5.12. The molecule has 3 heteroatoms. The van der Waals surface area contributed by atoms with Crippen LogP contribution in [-0.4, -0.2) is 22.5 Å². The van der Waals surface area contributed by atoms with Gasteiger partial charge in [0.1, 0.15) is 0 Å². The quantitative estimate of drug-likeness (QED) is 0.872. The van der Waals surface area contributed by atoms with Crippen molar-refractivity contribution in [1.29, 1.82) is 0 Å². The first-order valence-electron chi connectivity index (χ1n) is 8.51. The summed E-state index contributed by atoms with van der Waals surface area (Å²) >= 11 is 0. The lowest BCUT2D eigenvalue weighted by molar-refractivity contribution is 0.399. The van der Waals surface area contributed by atoms with Crippen LogP contribution in [-0.2, 0) is 23.6 Å². The van der Waals surface area contributed by atoms with Gasteiger partial charge in [-0.3, -0.25) is 4.21 Å². The van der Waals surface area contributed by atoms with Gasteiger partial charge >= 0.3 is 0 Å². The van der Waals surface area contributed by atoms with Crippen molar-refractivity contribution in [2.45, 2.75) is 62.8 Å². The first kappa shape index (κ1) is 15.2. The maximum atomic E-state index is 12.6. The summed E-state index contributed by atoms with van der Waals surface area (Å²) in [5.41, 5.74) is 2.91. The fraction of sp³-hybridized carbons (Fsp3) is 0.667. The number of rotatable bonds is 6. The molecule has 0 heterocycles. The Morgan fingerprint density at radius 2 is 2.05 bits per heavy atom. The van der Waals surface area contributed by atoms with Gasteiger partial charge in [0.2, 0.25) is 0 Å². The van der Waals surface area contributed by atoms with Gasteiger partial charge in [0.05, 0.1) is 10.8 Å². The molecule has 1 saturated carbocycles. The van der Waals surface area contributed by atoms with E-state index < -0.39 is 10.8 Å². The third kappa shape index (κ3) is 3.57. The summed E-state index contributed by atoms with van der Waals surface area (Å²) in [6.07, 6.45) is 8.66. The van der Waals surface area contributed by atoms with Crippen molar-refractivity contribution in [3.8, 4) is 0 Å². The van der Waals surface area contributed by atoms with E-state index in [9.17, 15) is 4.21 Å². The Balaban J connectivity index is 1.56. The van der Waals surface area contributed by atoms with E-state index in [-0.39, 0.29) is 0 Å². The largest absolute Gasteiger partial charge is 0.314 e. The normalized spacial score (nSPS) is 26.0. The molecule has 1 N–H and O–H groups in total. The topological polar surface area (TPSA) is 29.1 Å². The van der Waals surface area contributed by atoms with Crippen LogP contribution in [0.5, 0.6) is 0 Å². The zero-order chi connectivity index (χ0) is 14.7. The summed E-state index contributed by atoms with van der Waals surface area (Å²) in [5, 5.41) is 3.59. The van der Waals surface area contributed by atoms with Gasteiger partial charge in [-0.05, 0) is 74.2 Å². The van der Waals surface area contributed by atoms with Gasteiger partial charge in [0, 0.05) is 16.7 Å². The monoisotopic (exact) mass is 305 g/mol. The molecule has 2 nitrogen and oxygen atoms in total. The highest BCUT2D eigenvalue weighted by molar-refractivity contribution is 7.85. The smallest absolute Gasteiger partial charge is 0.0529 e. The number of nitrogens with one attached hydrogen (secondary N) is 1. The molecule has 1 aromatic rings. The molecule has 0 aliphatic heterocycles. The minimum absolute atomic E-state index is 0.659. The predicted molar refractivity (Wildman–Crippen MR) is 89.2 cm³/mol. The summed E-state index contributed by atoms with van der Waals surface area (Å²) in [4.78, 5) is 1.05. The fourth-order valence-electron chi connectivity index (χ4n) is 3.98. The first-order chi connectivity index (χ1) is 10.3. The molecule has 0 amide bonds. The summed E-state index contributed by atoms with van der Waals surface area (Å²) < 4.78 is 12.6. The van der Waals surface area contributed by atoms with Crippen LogP contribution in [0.1, 0.15) is 50.2 Å². The summed E-state index contributed by atoms with van der Waals surface area (Å²) in [6.45, 7) is 3.23. The van der Waals surface area contributed by atoms with E-state index in [1.807, 2.05) is 0 Å². The third-order valence-corrected chi connectivity index (χ3v) is 6.52. The third-order valence-electron chi connectivity index (χ3n) is 5.13. The number of hydrogen-bond donors (Lipinski definition) is 1. The molecule has 21 heavy (non-hydrogen) atoms. The second-order valence-corrected chi connectivity index (χ2v) is 8.05. The molecule has 3 unspecified atom stereocenters. The van der Waals surface area contributed by atoms with E-state index in [1.54, 1.807) is 0 Å². The number of fused-ring (bicyclic) bond motifs is 1. The molecular weight excluding hydrogens is 278 g/mol. The highest BCUT2D eigenvalue weighted by atomic mass is 32.2. The maximum absolute atomic E-state index is 12.6. The van der Waals surface area contributed by atoms with Crippen LogP contribution in [0.15, 0.2) is 23.1 Å². The van der Waals surface area contributed by atoms with Crippen LogP contribution >= 0.6 is 0 Å². The van der Waals surface area contributed by atoms with Crippen molar-refractivity contribution >= 4 is 10.8 Å². The molecular formula is C18H27NOS. The van der Waals surface area contributed by atoms with Gasteiger partial charge in [-0.1, -0.05) is 19.4 Å². The molecule has 116 valence electrons. The zero-order valence-corrected chi connectivity index (χ0v) is 13.9. The van der Waals surface area contributed by atoms with Crippen molar-refractivity contribution in [2.24, 2.45) is 5.92 Å². The lowest BCUT2D eigenvalue weighted by atomic mass is 10.0. The SMILES string of the molecule is CCNC1CCCC1CCS(=O)c1ccc2c(c1)CCC2. The minimum atomic E-state index is -0.818. The zero-order valence-electron chi connectivity index (χ0n) is 13.1. The lowest BCUT2D eigenvalue weighted by Gasteiger charge is -2.20. The molecule has 0 saturated heterocycles. The molecule has 1 fully saturated rings. The van der Waals surface area contributed by atoms with Crippen LogP contribution in [0.2, 0.25) is 0 Å². The lowest BCUT2D eigenvalue weighted by Crippen LogP contribution is -2.32. The highest BCUT2D eigenvalue weighted by Crippen LogP contribution is 2.29. The van der Waals surface area contributed by atoms with Crippen LogP contribution in [0.25, 0.3) is 0 Å². The highest BCUT2D eigenvalue weighted by Gasteiger charge is 2.26. The number of aryl methyl sites for hydroxylation is 2. The Labute approximate surface area is 131 Å². The average Bonchev–Trinajstić information content (AvgIpc) is 3.13. The van der Waals surface area contributed by atoms with Crippen molar-refractivity contribution in [3.63, 3.8) is 0 Å². The molecule has 0 spiro atoms. The summed E-state index contributed by atoms with van der Waals surface area (Å²) in [5.74, 6) is 1.55. The standard InChI is InChI=1S/C18H27NOS/c1-2-19-18-8-4-6-15(18)11-12-21(20)17-10-9-14-5-3-7-16(14)13-17/h9-10,13,15,18-19H,2-8,11-12H2,1H3. The fourth-order valence-corrected chi connectivity index (χ4v) is 5.23. The molecule has 0 bridgehead atoms. The van der Waals surface area contributed by atoms with E-state index in [0.29, 0.717) is 6.04 Å². The van der Waals surface area contributed by atoms with Crippen molar-refractivity contribution < 1.29 is 4.21 Å². The molecule has 3 atom stereocenters. The maximum Gasteiger partial charge on any atom is 0.0529 e. The Morgan fingerprint density at radius 3 is 2.90 bits per heavy atom. The van der Waals surface area contributed by atoms with E-state index in [4.69, 9.17) is 0 Å². The van der Waals surface area contributed by atoms with Crippen LogP contribution in [0, 0.1) is 5.92 Å². The van der Waals surface area contributed by atoms with Gasteiger partial charge in [-0.25, -0.2) is 0 Å². The minimum Gasteiger partial charge on any atom is -0.314 e. The van der Waals surface area contributed by atoms with Gasteiger partial charge < -0.3 is 5.32 Å². The Bertz CT molecular complexity index is 514. The predicted octanol–water partition coefficient (Wildman–Crippen LogP) is 3.45. The van der Waals surface area contributed by atoms with Gasteiger partial charge in [-0.15, -0.1) is 0 Å². The Morgan fingerprint density at radius 1 is 1.19 bits per heavy atom. The number of hydrogen-bond acceptors (Lipinski definition) is 2. The molecule has 2 aliphatic rings. The summed E-state index contributed by atoms with van der Waals surface area (Å²) in [6, 6.07) is 7.16. The van der Waals surface area contributed by atoms with Crippen LogP contribution in [0.4, 0.5) is 0 Å². The second-order valence-electron chi connectivity index (χ2n) is 6.48. The van der Waals surface area contributed by atoms with Crippen LogP contribution < -0.4 is 5.32 Å². The molecule has 0 radical (unpaired) electrons. The Hall–Kier alpha value is -0.670. The molecule has 3 rings (SSSR count). The molecule has 1 aromatic carbocycles. The van der Waals surface area contributed by atoms with Crippen LogP contribution in [0.3, 0.4) is 0 Å². The van der Waals surface area contributed by atoms with Gasteiger partial charge in [0.15, 0.2) is 0 Å². The number of benzene rings is 1. The molecule has 0 aromatic heterocycles. The van der Waals surface area contributed by atoms with Crippen molar-refractivity contribution in [3.05, 3.63) is 29.3 Å². The summed E-state index contributed by atoms with van der Waals surface area (Å²) in [7, 11) is -0.818. The van der Waals surface area contributed by atoms with Crippen molar-refractivity contribution in [1.82, 2.24) is 5.32 Å². The van der Waals surface area contributed by atoms with Gasteiger partial charge in [0.25, 0.3) is 0 Å². The van der Waals surface area contributed by atoms with E-state index in [2.05, 4.69) is 30.4 Å². The van der Waals surface area contributed by atoms with E-state index >= 15 is 0 Å². The van der Waals surface area contributed by atoms with Crippen molar-refractivity contribution in [2.75, 3.05) is 12.3 Å².